The predicted molar refractivity (Wildman–Crippen MR) is 86.6 cm³/mol. The summed E-state index contributed by atoms with van der Waals surface area (Å²) in [5.41, 5.74) is 4.30. The summed E-state index contributed by atoms with van der Waals surface area (Å²) in [6.07, 6.45) is 6.51. The van der Waals surface area contributed by atoms with Crippen molar-refractivity contribution in [3.05, 3.63) is 34.9 Å². The first-order valence-electron chi connectivity index (χ1n) is 8.40. The smallest absolute Gasteiger partial charge is 0.195 e. The highest BCUT2D eigenvalue weighted by atomic mass is 15.4. The van der Waals surface area contributed by atoms with E-state index < -0.39 is 0 Å². The average Bonchev–Trinajstić information content (AvgIpc) is 2.88. The average molecular weight is 283 g/mol. The molecule has 0 aromatic heterocycles. The lowest BCUT2D eigenvalue weighted by Gasteiger charge is -2.39. The summed E-state index contributed by atoms with van der Waals surface area (Å²) >= 11 is 0. The molecule has 2 aliphatic heterocycles. The second-order valence-electron chi connectivity index (χ2n) is 6.88. The van der Waals surface area contributed by atoms with Gasteiger partial charge in [0, 0.05) is 12.6 Å². The zero-order valence-electron chi connectivity index (χ0n) is 13.1. The fourth-order valence-corrected chi connectivity index (χ4v) is 4.37. The van der Waals surface area contributed by atoms with Crippen molar-refractivity contribution in [1.29, 1.82) is 0 Å². The minimum atomic E-state index is 0.512. The van der Waals surface area contributed by atoms with Gasteiger partial charge in [-0.15, -0.1) is 0 Å². The monoisotopic (exact) mass is 283 g/mol. The topological polar surface area (TPSA) is 27.6 Å². The van der Waals surface area contributed by atoms with Crippen LogP contribution < -0.4 is 5.32 Å². The van der Waals surface area contributed by atoms with Gasteiger partial charge in [-0.3, -0.25) is 4.99 Å². The fraction of sp³-hybridized carbons (Fsp3) is 0.611. The van der Waals surface area contributed by atoms with Crippen molar-refractivity contribution >= 4 is 5.96 Å². The summed E-state index contributed by atoms with van der Waals surface area (Å²) in [7, 11) is 0. The van der Waals surface area contributed by atoms with Crippen LogP contribution in [0, 0.1) is 13.8 Å². The van der Waals surface area contributed by atoms with Crippen LogP contribution in [0.25, 0.3) is 0 Å². The van der Waals surface area contributed by atoms with Crippen molar-refractivity contribution in [2.45, 2.75) is 64.1 Å². The zero-order chi connectivity index (χ0) is 14.4. The lowest BCUT2D eigenvalue weighted by atomic mass is 9.88. The number of guanidine groups is 1. The molecule has 0 amide bonds. The van der Waals surface area contributed by atoms with Gasteiger partial charge < -0.3 is 10.2 Å². The van der Waals surface area contributed by atoms with E-state index in [9.17, 15) is 0 Å². The van der Waals surface area contributed by atoms with Crippen molar-refractivity contribution in [3.63, 3.8) is 0 Å². The second kappa shape index (κ2) is 5.04. The Morgan fingerprint density at radius 2 is 2.00 bits per heavy atom. The van der Waals surface area contributed by atoms with E-state index in [1.54, 1.807) is 0 Å². The van der Waals surface area contributed by atoms with Crippen LogP contribution >= 0.6 is 0 Å². The van der Waals surface area contributed by atoms with Crippen LogP contribution in [0.15, 0.2) is 23.2 Å². The molecule has 1 aliphatic carbocycles. The van der Waals surface area contributed by atoms with E-state index in [1.807, 2.05) is 0 Å². The van der Waals surface area contributed by atoms with Gasteiger partial charge in [-0.1, -0.05) is 36.6 Å². The summed E-state index contributed by atoms with van der Waals surface area (Å²) in [6, 6.07) is 8.68. The van der Waals surface area contributed by atoms with E-state index in [2.05, 4.69) is 42.3 Å². The van der Waals surface area contributed by atoms with Gasteiger partial charge in [0.2, 0.25) is 0 Å². The maximum Gasteiger partial charge on any atom is 0.195 e. The Bertz CT molecular complexity index is 578. The Kier molecular flexibility index (Phi) is 3.16. The van der Waals surface area contributed by atoms with Crippen LogP contribution in [-0.2, 0) is 0 Å². The minimum absolute atomic E-state index is 0.512. The molecule has 3 aliphatic rings. The van der Waals surface area contributed by atoms with Gasteiger partial charge in [0.05, 0.1) is 12.1 Å². The molecule has 112 valence electrons. The Balaban J connectivity index is 1.72. The van der Waals surface area contributed by atoms with Gasteiger partial charge in [-0.25, -0.2) is 0 Å². The van der Waals surface area contributed by atoms with Gasteiger partial charge in [-0.05, 0) is 44.2 Å². The maximum atomic E-state index is 4.77. The number of nitrogens with zero attached hydrogens (tertiary/aromatic N) is 2. The van der Waals surface area contributed by atoms with Crippen molar-refractivity contribution in [3.8, 4) is 0 Å². The van der Waals surface area contributed by atoms with Crippen molar-refractivity contribution in [2.75, 3.05) is 6.54 Å². The molecule has 3 unspecified atom stereocenters. The van der Waals surface area contributed by atoms with Gasteiger partial charge >= 0.3 is 0 Å². The highest BCUT2D eigenvalue weighted by molar-refractivity contribution is 5.84. The van der Waals surface area contributed by atoms with E-state index >= 15 is 0 Å². The minimum Gasteiger partial charge on any atom is -0.351 e. The standard InChI is InChI=1S/C18H25N3/c1-12-7-8-13(2)14(11-12)16-9-10-19-18-20-15-5-3-4-6-17(15)21(16)18/h7-8,11,15-17H,3-6,9-10H2,1-2H3,(H,19,20). The molecule has 1 aromatic rings. The SMILES string of the molecule is Cc1ccc(C)c(C2CCN=C3NC4CCCCC4N32)c1. The van der Waals surface area contributed by atoms with Crippen LogP contribution in [0.3, 0.4) is 0 Å². The van der Waals surface area contributed by atoms with Crippen molar-refractivity contribution in [1.82, 2.24) is 10.2 Å². The summed E-state index contributed by atoms with van der Waals surface area (Å²) < 4.78 is 0. The summed E-state index contributed by atoms with van der Waals surface area (Å²) in [5, 5.41) is 3.70. The molecular formula is C18H25N3. The van der Waals surface area contributed by atoms with Crippen molar-refractivity contribution in [2.24, 2.45) is 4.99 Å². The number of rotatable bonds is 1. The fourth-order valence-electron chi connectivity index (χ4n) is 4.37. The first kappa shape index (κ1) is 13.2. The molecule has 0 spiro atoms. The number of aliphatic imine (C=N–C) groups is 1. The Morgan fingerprint density at radius 3 is 2.90 bits per heavy atom. The van der Waals surface area contributed by atoms with Crippen LogP contribution in [-0.4, -0.2) is 29.5 Å². The van der Waals surface area contributed by atoms with Crippen LogP contribution in [0.4, 0.5) is 0 Å². The third-order valence-electron chi connectivity index (χ3n) is 5.44. The van der Waals surface area contributed by atoms with Crippen molar-refractivity contribution < 1.29 is 0 Å². The highest BCUT2D eigenvalue weighted by Gasteiger charge is 2.44. The molecule has 3 atom stereocenters. The van der Waals surface area contributed by atoms with E-state index in [4.69, 9.17) is 4.99 Å². The molecule has 0 bridgehead atoms. The lowest BCUT2D eigenvalue weighted by Crippen LogP contribution is -2.43. The molecule has 1 N–H and O–H groups in total. The number of hydrogen-bond acceptors (Lipinski definition) is 3. The number of aryl methyl sites for hydroxylation is 2. The predicted octanol–water partition coefficient (Wildman–Crippen LogP) is 3.32. The molecule has 2 heterocycles. The molecule has 21 heavy (non-hydrogen) atoms. The number of benzene rings is 1. The lowest BCUT2D eigenvalue weighted by molar-refractivity contribution is 0.188. The zero-order valence-corrected chi connectivity index (χ0v) is 13.1. The summed E-state index contributed by atoms with van der Waals surface area (Å²) in [5.74, 6) is 1.17. The number of fused-ring (bicyclic) bond motifs is 3. The second-order valence-corrected chi connectivity index (χ2v) is 6.88. The van der Waals surface area contributed by atoms with E-state index in [0.717, 1.165) is 13.0 Å². The first-order chi connectivity index (χ1) is 10.2. The molecule has 3 nitrogen and oxygen atoms in total. The highest BCUT2D eigenvalue weighted by Crippen LogP contribution is 2.39. The molecule has 2 fully saturated rings. The molecule has 1 saturated carbocycles. The summed E-state index contributed by atoms with van der Waals surface area (Å²) in [6.45, 7) is 5.41. The van der Waals surface area contributed by atoms with Crippen LogP contribution in [0.2, 0.25) is 0 Å². The maximum absolute atomic E-state index is 4.77. The quantitative estimate of drug-likeness (QED) is 0.856. The number of nitrogens with one attached hydrogen (secondary N) is 1. The largest absolute Gasteiger partial charge is 0.351 e. The molecule has 1 aromatic carbocycles. The van der Waals surface area contributed by atoms with E-state index in [-0.39, 0.29) is 0 Å². The Labute approximate surface area is 127 Å². The van der Waals surface area contributed by atoms with Crippen LogP contribution in [0.1, 0.15) is 54.8 Å². The normalized spacial score (nSPS) is 31.2. The van der Waals surface area contributed by atoms with Crippen LogP contribution in [0.5, 0.6) is 0 Å². The van der Waals surface area contributed by atoms with E-state index in [0.29, 0.717) is 18.1 Å². The van der Waals surface area contributed by atoms with Gasteiger partial charge in [0.1, 0.15) is 0 Å². The van der Waals surface area contributed by atoms with Gasteiger partial charge in [0.15, 0.2) is 5.96 Å². The van der Waals surface area contributed by atoms with Gasteiger partial charge in [-0.2, -0.15) is 0 Å². The molecule has 4 rings (SSSR count). The third-order valence-corrected chi connectivity index (χ3v) is 5.44. The third kappa shape index (κ3) is 2.14. The van der Waals surface area contributed by atoms with E-state index in [1.165, 1.54) is 48.3 Å². The summed E-state index contributed by atoms with van der Waals surface area (Å²) in [4.78, 5) is 7.40. The molecule has 0 radical (unpaired) electrons. The molecule has 3 heteroatoms. The Hall–Kier alpha value is -1.51. The van der Waals surface area contributed by atoms with Gasteiger partial charge in [0.25, 0.3) is 0 Å². The number of hydrogen-bond donors (Lipinski definition) is 1. The Morgan fingerprint density at radius 1 is 1.14 bits per heavy atom. The first-order valence-corrected chi connectivity index (χ1v) is 8.40. The molecular weight excluding hydrogens is 258 g/mol. The molecule has 1 saturated heterocycles.